The number of rotatable bonds is 4. The van der Waals surface area contributed by atoms with Crippen molar-refractivity contribution in [2.75, 3.05) is 26.1 Å². The number of carbonyl (C=O) groups is 1. The van der Waals surface area contributed by atoms with Crippen LogP contribution in [0.3, 0.4) is 0 Å². The number of hydrogen-bond acceptors (Lipinski definition) is 5. The molecule has 1 aromatic heterocycles. The lowest BCUT2D eigenvalue weighted by Crippen LogP contribution is -3.14. The van der Waals surface area contributed by atoms with Crippen molar-refractivity contribution in [3.8, 4) is 11.5 Å². The van der Waals surface area contributed by atoms with Gasteiger partial charge in [-0.25, -0.2) is 0 Å². The molecule has 1 aromatic carbocycles. The van der Waals surface area contributed by atoms with Crippen molar-refractivity contribution in [3.63, 3.8) is 0 Å². The molecule has 7 heteroatoms. The third-order valence-electron chi connectivity index (χ3n) is 5.51. The summed E-state index contributed by atoms with van der Waals surface area (Å²) in [6, 6.07) is 6.31. The van der Waals surface area contributed by atoms with Gasteiger partial charge in [0.05, 0.1) is 37.2 Å². The molecule has 2 aliphatic rings. The number of methoxy groups -OCH3 is 2. The molecule has 1 amide bonds. The smallest absolute Gasteiger partial charge is 0.256 e. The Morgan fingerprint density at radius 3 is 2.67 bits per heavy atom. The minimum atomic E-state index is -0.279. The summed E-state index contributed by atoms with van der Waals surface area (Å²) in [5.41, 5.74) is 3.01. The predicted octanol–water partition coefficient (Wildman–Crippen LogP) is 1.97. The second-order valence-corrected chi connectivity index (χ2v) is 8.47. The second-order valence-electron chi connectivity index (χ2n) is 7.36. The van der Waals surface area contributed by atoms with Gasteiger partial charge in [0.2, 0.25) is 0 Å². The summed E-state index contributed by atoms with van der Waals surface area (Å²) in [6.45, 7) is 6.60. The molecule has 2 atom stereocenters. The van der Waals surface area contributed by atoms with Gasteiger partial charge in [0.15, 0.2) is 11.5 Å². The fourth-order valence-corrected chi connectivity index (χ4v) is 5.23. The van der Waals surface area contributed by atoms with Crippen LogP contribution < -0.4 is 25.0 Å². The second kappa shape index (κ2) is 7.05. The Hall–Kier alpha value is -2.25. The molecule has 0 fully saturated rings. The first-order valence-corrected chi connectivity index (χ1v) is 10.1. The van der Waals surface area contributed by atoms with Crippen molar-refractivity contribution in [1.82, 2.24) is 5.32 Å². The topological polar surface area (TPSA) is 64.0 Å². The summed E-state index contributed by atoms with van der Waals surface area (Å²) < 4.78 is 10.7. The van der Waals surface area contributed by atoms with Crippen molar-refractivity contribution in [1.29, 1.82) is 0 Å². The van der Waals surface area contributed by atoms with Gasteiger partial charge >= 0.3 is 0 Å². The average molecular weight is 389 g/mol. The summed E-state index contributed by atoms with van der Waals surface area (Å²) in [4.78, 5) is 15.8. The highest BCUT2D eigenvalue weighted by Crippen LogP contribution is 2.40. The third-order valence-corrected chi connectivity index (χ3v) is 6.67. The van der Waals surface area contributed by atoms with Crippen LogP contribution in [0.2, 0.25) is 0 Å². The molecule has 0 radical (unpaired) electrons. The van der Waals surface area contributed by atoms with Crippen LogP contribution in [0.25, 0.3) is 0 Å². The van der Waals surface area contributed by atoms with E-state index in [-0.39, 0.29) is 12.1 Å². The SMILES string of the molecule is COc1ccc([C@@H]2NC(=O)c3c(sc4c3CC[NH+](C(C)C)C4)N2)cc1OC. The average Bonchev–Trinajstić information content (AvgIpc) is 3.05. The van der Waals surface area contributed by atoms with E-state index in [1.807, 2.05) is 18.2 Å². The van der Waals surface area contributed by atoms with Gasteiger partial charge in [-0.15, -0.1) is 11.3 Å². The number of quaternary nitrogens is 1. The van der Waals surface area contributed by atoms with E-state index in [0.717, 1.165) is 35.6 Å². The van der Waals surface area contributed by atoms with Crippen molar-refractivity contribution < 1.29 is 19.2 Å². The molecular formula is C20H26N3O3S+. The van der Waals surface area contributed by atoms with Gasteiger partial charge in [0.1, 0.15) is 17.7 Å². The van der Waals surface area contributed by atoms with Gasteiger partial charge in [0.25, 0.3) is 5.91 Å². The van der Waals surface area contributed by atoms with Crippen molar-refractivity contribution >= 4 is 22.2 Å². The maximum Gasteiger partial charge on any atom is 0.256 e. The van der Waals surface area contributed by atoms with Gasteiger partial charge in [-0.05, 0) is 37.1 Å². The number of amides is 1. The fraction of sp³-hybridized carbons (Fsp3) is 0.450. The summed E-state index contributed by atoms with van der Waals surface area (Å²) in [5.74, 6) is 1.33. The molecule has 3 heterocycles. The molecular weight excluding hydrogens is 362 g/mol. The van der Waals surface area contributed by atoms with Crippen molar-refractivity contribution in [2.45, 2.75) is 39.0 Å². The van der Waals surface area contributed by atoms with Crippen LogP contribution >= 0.6 is 11.3 Å². The number of thiophene rings is 1. The zero-order chi connectivity index (χ0) is 19.1. The number of hydrogen-bond donors (Lipinski definition) is 3. The molecule has 3 N–H and O–H groups in total. The molecule has 4 rings (SSSR count). The summed E-state index contributed by atoms with van der Waals surface area (Å²) in [5, 5.41) is 7.60. The molecule has 2 aliphatic heterocycles. The molecule has 0 spiro atoms. The Balaban J connectivity index is 1.64. The van der Waals surface area contributed by atoms with Crippen LogP contribution in [0.1, 0.15) is 46.4 Å². The minimum absolute atomic E-state index is 0.00836. The molecule has 0 saturated carbocycles. The van der Waals surface area contributed by atoms with Crippen LogP contribution in [0, 0.1) is 0 Å². The molecule has 6 nitrogen and oxygen atoms in total. The van der Waals surface area contributed by atoms with E-state index < -0.39 is 0 Å². The summed E-state index contributed by atoms with van der Waals surface area (Å²) in [7, 11) is 3.23. The Kier molecular flexibility index (Phi) is 4.74. The van der Waals surface area contributed by atoms with Crippen LogP contribution in [-0.4, -0.2) is 32.7 Å². The van der Waals surface area contributed by atoms with Gasteiger partial charge in [-0.3, -0.25) is 4.79 Å². The number of benzene rings is 1. The van der Waals surface area contributed by atoms with E-state index in [2.05, 4.69) is 24.5 Å². The van der Waals surface area contributed by atoms with Crippen molar-refractivity contribution in [3.05, 3.63) is 39.8 Å². The fourth-order valence-electron chi connectivity index (χ4n) is 3.90. The van der Waals surface area contributed by atoms with Crippen LogP contribution in [0.15, 0.2) is 18.2 Å². The molecule has 1 unspecified atom stereocenters. The van der Waals surface area contributed by atoms with Crippen LogP contribution in [0.4, 0.5) is 5.00 Å². The molecule has 144 valence electrons. The normalized spacial score (nSPS) is 21.1. The van der Waals surface area contributed by atoms with E-state index in [1.54, 1.807) is 30.5 Å². The van der Waals surface area contributed by atoms with Gasteiger partial charge < -0.3 is 25.0 Å². The highest BCUT2D eigenvalue weighted by molar-refractivity contribution is 7.16. The quantitative estimate of drug-likeness (QED) is 0.749. The minimum Gasteiger partial charge on any atom is -0.493 e. The summed E-state index contributed by atoms with van der Waals surface area (Å²) >= 11 is 1.73. The number of ether oxygens (including phenoxy) is 2. The number of nitrogens with one attached hydrogen (secondary N) is 3. The van der Waals surface area contributed by atoms with Crippen LogP contribution in [0.5, 0.6) is 11.5 Å². The first kappa shape index (κ1) is 18.1. The van der Waals surface area contributed by atoms with E-state index >= 15 is 0 Å². The van der Waals surface area contributed by atoms with Gasteiger partial charge in [-0.1, -0.05) is 6.07 Å². The highest BCUT2D eigenvalue weighted by atomic mass is 32.1. The van der Waals surface area contributed by atoms with E-state index in [1.165, 1.54) is 10.4 Å². The third kappa shape index (κ3) is 3.15. The highest BCUT2D eigenvalue weighted by Gasteiger charge is 2.35. The summed E-state index contributed by atoms with van der Waals surface area (Å²) in [6.07, 6.45) is 0.684. The first-order valence-electron chi connectivity index (χ1n) is 9.30. The van der Waals surface area contributed by atoms with E-state index in [4.69, 9.17) is 9.47 Å². The Morgan fingerprint density at radius 2 is 1.96 bits per heavy atom. The maximum absolute atomic E-state index is 12.9. The molecule has 0 bridgehead atoms. The predicted molar refractivity (Wildman–Crippen MR) is 106 cm³/mol. The maximum atomic E-state index is 12.9. The Labute approximate surface area is 163 Å². The molecule has 0 aliphatic carbocycles. The zero-order valence-corrected chi connectivity index (χ0v) is 17.0. The first-order chi connectivity index (χ1) is 13.0. The van der Waals surface area contributed by atoms with E-state index in [9.17, 15) is 4.79 Å². The van der Waals surface area contributed by atoms with Gasteiger partial charge in [0, 0.05) is 6.42 Å². The zero-order valence-electron chi connectivity index (χ0n) is 16.1. The largest absolute Gasteiger partial charge is 0.493 e. The van der Waals surface area contributed by atoms with Gasteiger partial charge in [-0.2, -0.15) is 0 Å². The van der Waals surface area contributed by atoms with E-state index in [0.29, 0.717) is 17.5 Å². The molecule has 27 heavy (non-hydrogen) atoms. The Bertz CT molecular complexity index is 878. The lowest BCUT2D eigenvalue weighted by atomic mass is 9.99. The monoisotopic (exact) mass is 388 g/mol. The standard InChI is InChI=1S/C20H25N3O3S/c1-11(2)23-8-7-13-16(10-23)27-20-17(13)19(24)21-18(22-20)12-5-6-14(25-3)15(9-12)26-4/h5-6,9,11,18,22H,7-8,10H2,1-4H3,(H,21,24)/p+1/t18-/m1/s1. The lowest BCUT2D eigenvalue weighted by Gasteiger charge is -2.29. The molecule has 0 saturated heterocycles. The Morgan fingerprint density at radius 1 is 1.19 bits per heavy atom. The van der Waals surface area contributed by atoms with Crippen molar-refractivity contribution in [2.24, 2.45) is 0 Å². The number of fused-ring (bicyclic) bond motifs is 3. The lowest BCUT2D eigenvalue weighted by molar-refractivity contribution is -0.936. The number of anilines is 1. The number of carbonyl (C=O) groups excluding carboxylic acids is 1. The van der Waals surface area contributed by atoms with Crippen LogP contribution in [-0.2, 0) is 13.0 Å². The molecule has 2 aromatic rings.